The van der Waals surface area contributed by atoms with Gasteiger partial charge in [0.2, 0.25) is 0 Å². The Morgan fingerprint density at radius 3 is 2.33 bits per heavy atom. The lowest BCUT2D eigenvalue weighted by Crippen LogP contribution is -2.42. The lowest BCUT2D eigenvalue weighted by atomic mass is 9.97. The van der Waals surface area contributed by atoms with E-state index in [1.807, 2.05) is 13.8 Å². The van der Waals surface area contributed by atoms with Crippen molar-refractivity contribution < 1.29 is 18.3 Å². The second-order valence-electron chi connectivity index (χ2n) is 5.18. The maximum Gasteiger partial charge on any atom is 0.251 e. The minimum atomic E-state index is -3.44. The quantitative estimate of drug-likeness (QED) is 0.677. The molecule has 0 aliphatic rings. The van der Waals surface area contributed by atoms with Gasteiger partial charge in [-0.25, -0.2) is 8.42 Å². The fourth-order valence-corrected chi connectivity index (χ4v) is 2.51. The molecule has 0 bridgehead atoms. The van der Waals surface area contributed by atoms with Crippen LogP contribution in [-0.4, -0.2) is 37.8 Å². The van der Waals surface area contributed by atoms with Crippen LogP contribution in [0.5, 0.6) is 0 Å². The molecule has 21 heavy (non-hydrogen) atoms. The number of sulfone groups is 1. The summed E-state index contributed by atoms with van der Waals surface area (Å²) >= 11 is 0. The highest BCUT2D eigenvalue weighted by Crippen LogP contribution is 2.18. The zero-order chi connectivity index (χ0) is 16.3. The highest BCUT2D eigenvalue weighted by atomic mass is 32.2. The molecule has 0 aliphatic carbocycles. The topological polar surface area (TPSA) is 109 Å². The molecule has 0 saturated heterocycles. The number of hydrogen-bond acceptors (Lipinski definition) is 5. The van der Waals surface area contributed by atoms with Crippen LogP contribution in [0.25, 0.3) is 0 Å². The molecule has 1 aromatic carbocycles. The first kappa shape index (κ1) is 17.5. The molecule has 0 unspecified atom stereocenters. The Labute approximate surface area is 125 Å². The van der Waals surface area contributed by atoms with Crippen molar-refractivity contribution in [1.82, 2.24) is 5.32 Å². The molecule has 118 valence electrons. The smallest absolute Gasteiger partial charge is 0.251 e. The van der Waals surface area contributed by atoms with Crippen LogP contribution in [0.4, 0.5) is 5.69 Å². The second-order valence-corrected chi connectivity index (χ2v) is 7.19. The minimum Gasteiger partial charge on any atom is -0.399 e. The molecule has 0 fully saturated rings. The molecule has 6 nitrogen and oxygen atoms in total. The molecule has 4 N–H and O–H groups in total. The summed E-state index contributed by atoms with van der Waals surface area (Å²) < 4.78 is 23.1. The number of anilines is 1. The van der Waals surface area contributed by atoms with Crippen LogP contribution in [0.2, 0.25) is 0 Å². The maximum atomic E-state index is 12.1. The monoisotopic (exact) mass is 314 g/mol. The SMILES string of the molecule is CCC(O)(CC)CNC(=O)c1cc(N)cc(S(C)(=O)=O)c1. The van der Waals surface area contributed by atoms with Crippen molar-refractivity contribution in [2.24, 2.45) is 0 Å². The van der Waals surface area contributed by atoms with Crippen molar-refractivity contribution in [3.63, 3.8) is 0 Å². The number of hydrogen-bond donors (Lipinski definition) is 3. The number of amides is 1. The average molecular weight is 314 g/mol. The third-order valence-electron chi connectivity index (χ3n) is 3.51. The van der Waals surface area contributed by atoms with Crippen LogP contribution in [0.1, 0.15) is 37.0 Å². The van der Waals surface area contributed by atoms with Gasteiger partial charge >= 0.3 is 0 Å². The van der Waals surface area contributed by atoms with Gasteiger partial charge in [-0.3, -0.25) is 4.79 Å². The lowest BCUT2D eigenvalue weighted by molar-refractivity contribution is 0.0314. The van der Waals surface area contributed by atoms with Gasteiger partial charge in [-0.15, -0.1) is 0 Å². The minimum absolute atomic E-state index is 0.00565. The summed E-state index contributed by atoms with van der Waals surface area (Å²) in [7, 11) is -3.44. The molecule has 1 amide bonds. The largest absolute Gasteiger partial charge is 0.399 e. The van der Waals surface area contributed by atoms with Gasteiger partial charge in [0.1, 0.15) is 0 Å². The molecule has 0 aliphatic heterocycles. The van der Waals surface area contributed by atoms with E-state index in [0.717, 1.165) is 6.26 Å². The van der Waals surface area contributed by atoms with E-state index < -0.39 is 21.3 Å². The van der Waals surface area contributed by atoms with Gasteiger partial charge in [0.15, 0.2) is 9.84 Å². The third-order valence-corrected chi connectivity index (χ3v) is 4.61. The average Bonchev–Trinajstić information content (AvgIpc) is 2.42. The predicted octanol–water partition coefficient (Wildman–Crippen LogP) is 0.953. The highest BCUT2D eigenvalue weighted by molar-refractivity contribution is 7.90. The summed E-state index contributed by atoms with van der Waals surface area (Å²) in [5.41, 5.74) is 5.03. The Hall–Kier alpha value is -1.60. The van der Waals surface area contributed by atoms with E-state index in [9.17, 15) is 18.3 Å². The zero-order valence-electron chi connectivity index (χ0n) is 12.5. The van der Waals surface area contributed by atoms with Crippen LogP contribution in [0, 0.1) is 0 Å². The van der Waals surface area contributed by atoms with Crippen LogP contribution in [0.3, 0.4) is 0 Å². The first-order valence-electron chi connectivity index (χ1n) is 6.72. The van der Waals surface area contributed by atoms with E-state index in [-0.39, 0.29) is 22.7 Å². The summed E-state index contributed by atoms with van der Waals surface area (Å²) in [6.07, 6.45) is 2.07. The van der Waals surface area contributed by atoms with Crippen molar-refractivity contribution in [3.8, 4) is 0 Å². The van der Waals surface area contributed by atoms with E-state index in [1.54, 1.807) is 0 Å². The zero-order valence-corrected chi connectivity index (χ0v) is 13.3. The lowest BCUT2D eigenvalue weighted by Gasteiger charge is -2.25. The summed E-state index contributed by atoms with van der Waals surface area (Å²) in [4.78, 5) is 12.1. The van der Waals surface area contributed by atoms with Gasteiger partial charge in [0.25, 0.3) is 5.91 Å². The third kappa shape index (κ3) is 4.71. The number of nitrogens with one attached hydrogen (secondary N) is 1. The number of nitrogens with two attached hydrogens (primary N) is 1. The highest BCUT2D eigenvalue weighted by Gasteiger charge is 2.23. The molecular weight excluding hydrogens is 292 g/mol. The first-order valence-corrected chi connectivity index (χ1v) is 8.61. The van der Waals surface area contributed by atoms with Gasteiger partial charge in [-0.1, -0.05) is 13.8 Å². The van der Waals surface area contributed by atoms with E-state index in [2.05, 4.69) is 5.32 Å². The summed E-state index contributed by atoms with van der Waals surface area (Å²) in [5, 5.41) is 12.7. The van der Waals surface area contributed by atoms with E-state index >= 15 is 0 Å². The molecule has 0 radical (unpaired) electrons. The summed E-state index contributed by atoms with van der Waals surface area (Å²) in [6, 6.07) is 3.99. The van der Waals surface area contributed by atoms with Crippen molar-refractivity contribution >= 4 is 21.4 Å². The van der Waals surface area contributed by atoms with Gasteiger partial charge in [0.05, 0.1) is 10.5 Å². The predicted molar refractivity (Wildman–Crippen MR) is 81.8 cm³/mol. The number of carbonyl (C=O) groups excluding carboxylic acids is 1. The molecule has 1 rings (SSSR count). The van der Waals surface area contributed by atoms with Crippen molar-refractivity contribution in [2.45, 2.75) is 37.2 Å². The van der Waals surface area contributed by atoms with Gasteiger partial charge < -0.3 is 16.2 Å². The van der Waals surface area contributed by atoms with Crippen LogP contribution < -0.4 is 11.1 Å². The molecular formula is C14H22N2O4S. The molecule has 0 atom stereocenters. The Bertz CT molecular complexity index is 622. The standard InChI is InChI=1S/C14H22N2O4S/c1-4-14(18,5-2)9-16-13(17)10-6-11(15)8-12(7-10)21(3,19)20/h6-8,18H,4-5,9,15H2,1-3H3,(H,16,17). The number of aliphatic hydroxyl groups is 1. The molecule has 0 spiro atoms. The van der Waals surface area contributed by atoms with E-state index in [0.29, 0.717) is 12.8 Å². The second kappa shape index (κ2) is 6.44. The molecule has 1 aromatic rings. The molecule has 7 heteroatoms. The number of benzene rings is 1. The summed E-state index contributed by atoms with van der Waals surface area (Å²) in [5.74, 6) is -0.465. The van der Waals surface area contributed by atoms with Crippen LogP contribution >= 0.6 is 0 Å². The summed E-state index contributed by atoms with van der Waals surface area (Å²) in [6.45, 7) is 3.76. The maximum absolute atomic E-state index is 12.1. The van der Waals surface area contributed by atoms with Crippen LogP contribution in [0.15, 0.2) is 23.1 Å². The number of rotatable bonds is 6. The number of carbonyl (C=O) groups is 1. The first-order chi connectivity index (χ1) is 9.61. The van der Waals surface area contributed by atoms with Crippen molar-refractivity contribution in [3.05, 3.63) is 23.8 Å². The molecule has 0 saturated carbocycles. The molecule has 0 heterocycles. The fraction of sp³-hybridized carbons (Fsp3) is 0.500. The van der Waals surface area contributed by atoms with Gasteiger partial charge in [0, 0.05) is 24.1 Å². The van der Waals surface area contributed by atoms with Gasteiger partial charge in [-0.05, 0) is 31.0 Å². The Balaban J connectivity index is 2.96. The Morgan fingerprint density at radius 1 is 1.29 bits per heavy atom. The molecule has 0 aromatic heterocycles. The van der Waals surface area contributed by atoms with Crippen molar-refractivity contribution in [2.75, 3.05) is 18.5 Å². The van der Waals surface area contributed by atoms with Gasteiger partial charge in [-0.2, -0.15) is 0 Å². The van der Waals surface area contributed by atoms with E-state index in [4.69, 9.17) is 5.73 Å². The normalized spacial score (nSPS) is 12.2. The Morgan fingerprint density at radius 2 is 1.86 bits per heavy atom. The fourth-order valence-electron chi connectivity index (χ4n) is 1.81. The van der Waals surface area contributed by atoms with Crippen LogP contribution in [-0.2, 0) is 9.84 Å². The number of nitrogen functional groups attached to an aromatic ring is 1. The Kier molecular flexibility index (Phi) is 5.36. The van der Waals surface area contributed by atoms with E-state index in [1.165, 1.54) is 18.2 Å². The van der Waals surface area contributed by atoms with Crippen molar-refractivity contribution in [1.29, 1.82) is 0 Å².